The van der Waals surface area contributed by atoms with Gasteiger partial charge in [-0.25, -0.2) is 9.97 Å². The van der Waals surface area contributed by atoms with Gasteiger partial charge < -0.3 is 10.3 Å². The lowest BCUT2D eigenvalue weighted by atomic mass is 10.1. The largest absolute Gasteiger partial charge is 0.365 e. The number of aromatic amines is 1. The molecule has 18 heavy (non-hydrogen) atoms. The molecule has 0 saturated carbocycles. The highest BCUT2D eigenvalue weighted by Gasteiger charge is 2.03. The molecule has 0 saturated heterocycles. The van der Waals surface area contributed by atoms with Crippen molar-refractivity contribution in [3.05, 3.63) is 54.0 Å². The predicted molar refractivity (Wildman–Crippen MR) is 72.4 cm³/mol. The number of fused-ring (bicyclic) bond motifs is 1. The molecular formula is C14H14N4. The van der Waals surface area contributed by atoms with Crippen LogP contribution in [0.25, 0.3) is 11.0 Å². The second kappa shape index (κ2) is 4.49. The summed E-state index contributed by atoms with van der Waals surface area (Å²) >= 11 is 0. The molecule has 3 aromatic rings. The molecule has 4 heteroatoms. The summed E-state index contributed by atoms with van der Waals surface area (Å²) in [6, 6.07) is 10.5. The van der Waals surface area contributed by atoms with E-state index < -0.39 is 0 Å². The Balaban J connectivity index is 1.80. The molecule has 0 spiro atoms. The minimum absolute atomic E-state index is 0.761. The second-order valence-corrected chi connectivity index (χ2v) is 4.30. The van der Waals surface area contributed by atoms with Gasteiger partial charge in [-0.2, -0.15) is 0 Å². The minimum Gasteiger partial charge on any atom is -0.365 e. The zero-order valence-corrected chi connectivity index (χ0v) is 10.1. The Morgan fingerprint density at radius 2 is 1.94 bits per heavy atom. The van der Waals surface area contributed by atoms with E-state index in [-0.39, 0.29) is 0 Å². The van der Waals surface area contributed by atoms with Crippen molar-refractivity contribution in [2.45, 2.75) is 13.5 Å². The van der Waals surface area contributed by atoms with E-state index in [4.69, 9.17) is 0 Å². The zero-order valence-electron chi connectivity index (χ0n) is 10.1. The van der Waals surface area contributed by atoms with Crippen molar-refractivity contribution in [3.63, 3.8) is 0 Å². The van der Waals surface area contributed by atoms with Crippen molar-refractivity contribution in [2.24, 2.45) is 0 Å². The SMILES string of the molecule is Cc1ccc(CNc2ncnc3[nH]ccc23)cc1. The molecule has 2 heterocycles. The molecule has 2 N–H and O–H groups in total. The maximum absolute atomic E-state index is 4.27. The molecule has 0 radical (unpaired) electrons. The number of aromatic nitrogens is 3. The average Bonchev–Trinajstić information content (AvgIpc) is 2.87. The summed E-state index contributed by atoms with van der Waals surface area (Å²) in [5.41, 5.74) is 3.37. The lowest BCUT2D eigenvalue weighted by Crippen LogP contribution is -2.02. The number of H-pyrrole nitrogens is 1. The Hall–Kier alpha value is -2.36. The van der Waals surface area contributed by atoms with Crippen molar-refractivity contribution >= 4 is 16.9 Å². The Morgan fingerprint density at radius 1 is 1.11 bits per heavy atom. The van der Waals surface area contributed by atoms with Crippen LogP contribution in [0.1, 0.15) is 11.1 Å². The molecule has 0 fully saturated rings. The third-order valence-corrected chi connectivity index (χ3v) is 2.93. The molecule has 0 aliphatic heterocycles. The highest BCUT2D eigenvalue weighted by molar-refractivity contribution is 5.86. The van der Waals surface area contributed by atoms with Crippen LogP contribution in [0.2, 0.25) is 0 Å². The molecule has 3 rings (SSSR count). The number of nitrogens with zero attached hydrogens (tertiary/aromatic N) is 2. The second-order valence-electron chi connectivity index (χ2n) is 4.30. The Kier molecular flexibility index (Phi) is 2.68. The molecule has 2 aromatic heterocycles. The Labute approximate surface area is 105 Å². The molecule has 0 unspecified atom stereocenters. The van der Waals surface area contributed by atoms with E-state index in [9.17, 15) is 0 Å². The lowest BCUT2D eigenvalue weighted by Gasteiger charge is -2.06. The molecule has 0 atom stereocenters. The van der Waals surface area contributed by atoms with Gasteiger partial charge >= 0.3 is 0 Å². The van der Waals surface area contributed by atoms with Gasteiger partial charge in [0.25, 0.3) is 0 Å². The highest BCUT2D eigenvalue weighted by atomic mass is 15.0. The summed E-state index contributed by atoms with van der Waals surface area (Å²) in [6.07, 6.45) is 3.44. The number of hydrogen-bond donors (Lipinski definition) is 2. The lowest BCUT2D eigenvalue weighted by molar-refractivity contribution is 1.10. The third kappa shape index (κ3) is 2.05. The summed E-state index contributed by atoms with van der Waals surface area (Å²) in [5, 5.41) is 4.36. The quantitative estimate of drug-likeness (QED) is 0.737. The van der Waals surface area contributed by atoms with Gasteiger partial charge in [-0.05, 0) is 18.6 Å². The van der Waals surface area contributed by atoms with Crippen LogP contribution >= 0.6 is 0 Å². The molecule has 0 amide bonds. The van der Waals surface area contributed by atoms with Crippen LogP contribution in [0.3, 0.4) is 0 Å². The first-order chi connectivity index (χ1) is 8.83. The minimum atomic E-state index is 0.761. The first-order valence-corrected chi connectivity index (χ1v) is 5.90. The number of benzene rings is 1. The number of anilines is 1. The van der Waals surface area contributed by atoms with Crippen molar-refractivity contribution in [1.82, 2.24) is 15.0 Å². The molecule has 90 valence electrons. The first-order valence-electron chi connectivity index (χ1n) is 5.90. The number of aryl methyl sites for hydroxylation is 1. The van der Waals surface area contributed by atoms with Crippen molar-refractivity contribution < 1.29 is 0 Å². The number of rotatable bonds is 3. The van der Waals surface area contributed by atoms with E-state index in [0.29, 0.717) is 0 Å². The summed E-state index contributed by atoms with van der Waals surface area (Å²) in [4.78, 5) is 11.5. The Morgan fingerprint density at radius 3 is 2.78 bits per heavy atom. The zero-order chi connectivity index (χ0) is 12.4. The van der Waals surface area contributed by atoms with Crippen molar-refractivity contribution in [1.29, 1.82) is 0 Å². The van der Waals surface area contributed by atoms with Crippen LogP contribution in [-0.4, -0.2) is 15.0 Å². The topological polar surface area (TPSA) is 53.6 Å². The summed E-state index contributed by atoms with van der Waals surface area (Å²) in [7, 11) is 0. The van der Waals surface area contributed by atoms with Gasteiger partial charge in [0, 0.05) is 12.7 Å². The van der Waals surface area contributed by atoms with E-state index in [1.54, 1.807) is 6.33 Å². The fourth-order valence-electron chi connectivity index (χ4n) is 1.90. The fraction of sp³-hybridized carbons (Fsp3) is 0.143. The van der Waals surface area contributed by atoms with Gasteiger partial charge in [-0.1, -0.05) is 29.8 Å². The van der Waals surface area contributed by atoms with E-state index in [1.807, 2.05) is 12.3 Å². The standard InChI is InChI=1S/C14H14N4/c1-10-2-4-11(5-3-10)8-16-14-12-6-7-15-13(12)17-9-18-14/h2-7,9H,8H2,1H3,(H2,15,16,17,18). The van der Waals surface area contributed by atoms with Crippen LogP contribution in [0.5, 0.6) is 0 Å². The van der Waals surface area contributed by atoms with Crippen LogP contribution in [0, 0.1) is 6.92 Å². The highest BCUT2D eigenvalue weighted by Crippen LogP contribution is 2.18. The van der Waals surface area contributed by atoms with Crippen LogP contribution in [0.4, 0.5) is 5.82 Å². The third-order valence-electron chi connectivity index (χ3n) is 2.93. The summed E-state index contributed by atoms with van der Waals surface area (Å²) < 4.78 is 0. The van der Waals surface area contributed by atoms with Crippen molar-refractivity contribution in [2.75, 3.05) is 5.32 Å². The first kappa shape index (κ1) is 10.8. The molecular weight excluding hydrogens is 224 g/mol. The van der Waals surface area contributed by atoms with E-state index in [0.717, 1.165) is 23.4 Å². The van der Waals surface area contributed by atoms with Crippen LogP contribution in [0.15, 0.2) is 42.9 Å². The van der Waals surface area contributed by atoms with Gasteiger partial charge in [0.2, 0.25) is 0 Å². The molecule has 0 aliphatic rings. The van der Waals surface area contributed by atoms with Gasteiger partial charge in [-0.3, -0.25) is 0 Å². The molecule has 4 nitrogen and oxygen atoms in total. The predicted octanol–water partition coefficient (Wildman–Crippen LogP) is 2.88. The van der Waals surface area contributed by atoms with Gasteiger partial charge in [0.15, 0.2) is 0 Å². The maximum Gasteiger partial charge on any atom is 0.142 e. The maximum atomic E-state index is 4.27. The van der Waals surface area contributed by atoms with Crippen LogP contribution < -0.4 is 5.32 Å². The summed E-state index contributed by atoms with van der Waals surface area (Å²) in [5.74, 6) is 0.863. The van der Waals surface area contributed by atoms with E-state index in [2.05, 4.69) is 51.5 Å². The van der Waals surface area contributed by atoms with E-state index >= 15 is 0 Å². The van der Waals surface area contributed by atoms with Gasteiger partial charge in [0.05, 0.1) is 5.39 Å². The van der Waals surface area contributed by atoms with Crippen LogP contribution in [-0.2, 0) is 6.54 Å². The smallest absolute Gasteiger partial charge is 0.142 e. The normalized spacial score (nSPS) is 10.7. The van der Waals surface area contributed by atoms with Crippen molar-refractivity contribution in [3.8, 4) is 0 Å². The summed E-state index contributed by atoms with van der Waals surface area (Å²) in [6.45, 7) is 2.85. The average molecular weight is 238 g/mol. The number of nitrogens with one attached hydrogen (secondary N) is 2. The molecule has 0 aliphatic carbocycles. The molecule has 1 aromatic carbocycles. The van der Waals surface area contributed by atoms with Gasteiger partial charge in [0.1, 0.15) is 17.8 Å². The monoisotopic (exact) mass is 238 g/mol. The van der Waals surface area contributed by atoms with E-state index in [1.165, 1.54) is 11.1 Å². The van der Waals surface area contributed by atoms with Gasteiger partial charge in [-0.15, -0.1) is 0 Å². The Bertz CT molecular complexity index is 655. The fourth-order valence-corrected chi connectivity index (χ4v) is 1.90. The number of hydrogen-bond acceptors (Lipinski definition) is 3. The molecule has 0 bridgehead atoms.